The van der Waals surface area contributed by atoms with Crippen LogP contribution in [0.4, 0.5) is 10.8 Å². The molecule has 20 heavy (non-hydrogen) atoms. The third kappa shape index (κ3) is 3.17. The summed E-state index contributed by atoms with van der Waals surface area (Å²) in [4.78, 5) is 2.35. The molecule has 1 aromatic heterocycles. The molecule has 6 heteroatoms. The molecule has 0 aliphatic heterocycles. The van der Waals surface area contributed by atoms with Gasteiger partial charge in [0.25, 0.3) is 0 Å². The molecule has 1 fully saturated rings. The van der Waals surface area contributed by atoms with Gasteiger partial charge in [-0.3, -0.25) is 0 Å². The van der Waals surface area contributed by atoms with Gasteiger partial charge in [-0.25, -0.2) is 0 Å². The number of ether oxygens (including phenoxy) is 1. The van der Waals surface area contributed by atoms with E-state index in [-0.39, 0.29) is 11.6 Å². The summed E-state index contributed by atoms with van der Waals surface area (Å²) >= 11 is 1.38. The van der Waals surface area contributed by atoms with Gasteiger partial charge in [0.1, 0.15) is 0 Å². The van der Waals surface area contributed by atoms with Crippen molar-refractivity contribution in [1.29, 1.82) is 0 Å². The Morgan fingerprint density at radius 1 is 1.40 bits per heavy atom. The SMILES string of the molecule is CC(C)Oc1c(N)nsc1NCC1(N(C)C)CCCC1. The summed E-state index contributed by atoms with van der Waals surface area (Å²) in [7, 11) is 4.33. The van der Waals surface area contributed by atoms with Gasteiger partial charge in [-0.15, -0.1) is 0 Å². The number of hydrogen-bond donors (Lipinski definition) is 2. The molecular formula is C14H26N4OS. The fraction of sp³-hybridized carbons (Fsp3) is 0.786. The van der Waals surface area contributed by atoms with Gasteiger partial charge < -0.3 is 20.7 Å². The van der Waals surface area contributed by atoms with Crippen molar-refractivity contribution >= 4 is 22.4 Å². The quantitative estimate of drug-likeness (QED) is 0.845. The van der Waals surface area contributed by atoms with Crippen LogP contribution in [-0.4, -0.2) is 41.6 Å². The van der Waals surface area contributed by atoms with E-state index in [4.69, 9.17) is 10.5 Å². The average Bonchev–Trinajstić information content (AvgIpc) is 2.97. The van der Waals surface area contributed by atoms with E-state index in [1.165, 1.54) is 37.2 Å². The molecule has 114 valence electrons. The number of nitrogen functional groups attached to an aromatic ring is 1. The molecule has 1 aliphatic carbocycles. The molecule has 0 radical (unpaired) electrons. The summed E-state index contributed by atoms with van der Waals surface area (Å²) in [5.74, 6) is 1.19. The fourth-order valence-corrected chi connectivity index (χ4v) is 3.46. The van der Waals surface area contributed by atoms with Gasteiger partial charge in [0.2, 0.25) is 0 Å². The predicted molar refractivity (Wildman–Crippen MR) is 85.7 cm³/mol. The van der Waals surface area contributed by atoms with Crippen molar-refractivity contribution in [2.24, 2.45) is 0 Å². The summed E-state index contributed by atoms with van der Waals surface area (Å²) in [5, 5.41) is 4.46. The van der Waals surface area contributed by atoms with E-state index in [0.29, 0.717) is 11.6 Å². The van der Waals surface area contributed by atoms with Crippen LogP contribution in [0.2, 0.25) is 0 Å². The standard InChI is InChI=1S/C14H26N4OS/c1-10(2)19-11-12(15)17-20-13(11)16-9-14(18(3)4)7-5-6-8-14/h10,16H,5-9H2,1-4H3,(H2,15,17). The van der Waals surface area contributed by atoms with Gasteiger partial charge in [0, 0.05) is 12.1 Å². The van der Waals surface area contributed by atoms with E-state index < -0.39 is 0 Å². The zero-order chi connectivity index (χ0) is 14.8. The van der Waals surface area contributed by atoms with Gasteiger partial charge in [-0.1, -0.05) is 12.8 Å². The Labute approximate surface area is 125 Å². The van der Waals surface area contributed by atoms with Gasteiger partial charge in [0.05, 0.1) is 6.10 Å². The molecule has 1 aromatic rings. The lowest BCUT2D eigenvalue weighted by molar-refractivity contribution is 0.172. The number of nitrogens with one attached hydrogen (secondary N) is 1. The van der Waals surface area contributed by atoms with Crippen LogP contribution in [0.3, 0.4) is 0 Å². The third-order valence-corrected chi connectivity index (χ3v) is 4.89. The zero-order valence-corrected chi connectivity index (χ0v) is 13.7. The van der Waals surface area contributed by atoms with E-state index in [0.717, 1.165) is 11.5 Å². The summed E-state index contributed by atoms with van der Waals surface area (Å²) in [6, 6.07) is 0. The summed E-state index contributed by atoms with van der Waals surface area (Å²) in [5.41, 5.74) is 6.13. The second-order valence-electron chi connectivity index (χ2n) is 6.07. The normalized spacial score (nSPS) is 17.9. The molecule has 3 N–H and O–H groups in total. The number of nitrogens with zero attached hydrogens (tertiary/aromatic N) is 2. The Morgan fingerprint density at radius 2 is 2.05 bits per heavy atom. The topological polar surface area (TPSA) is 63.4 Å². The zero-order valence-electron chi connectivity index (χ0n) is 12.9. The van der Waals surface area contributed by atoms with Gasteiger partial charge in [0.15, 0.2) is 16.6 Å². The lowest BCUT2D eigenvalue weighted by Gasteiger charge is -2.36. The second-order valence-corrected chi connectivity index (χ2v) is 6.85. The molecule has 0 saturated heterocycles. The highest BCUT2D eigenvalue weighted by molar-refractivity contribution is 7.11. The van der Waals surface area contributed by atoms with Crippen LogP contribution in [-0.2, 0) is 0 Å². The Balaban J connectivity index is 2.07. The van der Waals surface area contributed by atoms with Crippen molar-refractivity contribution < 1.29 is 4.74 Å². The Hall–Kier alpha value is -1.01. The lowest BCUT2D eigenvalue weighted by Crippen LogP contribution is -2.47. The van der Waals surface area contributed by atoms with Crippen molar-refractivity contribution in [2.45, 2.75) is 51.2 Å². The highest BCUT2D eigenvalue weighted by atomic mass is 32.1. The molecule has 5 nitrogen and oxygen atoms in total. The molecule has 0 spiro atoms. The monoisotopic (exact) mass is 298 g/mol. The molecule has 1 aliphatic rings. The molecule has 1 heterocycles. The van der Waals surface area contributed by atoms with Crippen molar-refractivity contribution in [3.63, 3.8) is 0 Å². The van der Waals surface area contributed by atoms with Crippen LogP contribution in [0.15, 0.2) is 0 Å². The minimum Gasteiger partial charge on any atom is -0.484 e. The second kappa shape index (κ2) is 6.18. The fourth-order valence-electron chi connectivity index (χ4n) is 2.82. The van der Waals surface area contributed by atoms with Gasteiger partial charge in [-0.05, 0) is 52.3 Å². The molecular weight excluding hydrogens is 272 g/mol. The maximum absolute atomic E-state index is 5.89. The maximum atomic E-state index is 5.89. The van der Waals surface area contributed by atoms with Crippen LogP contribution in [0.25, 0.3) is 0 Å². The number of aromatic nitrogens is 1. The molecule has 0 aromatic carbocycles. The molecule has 0 unspecified atom stereocenters. The first-order valence-electron chi connectivity index (χ1n) is 7.28. The van der Waals surface area contributed by atoms with Crippen LogP contribution in [0, 0.1) is 0 Å². The highest BCUT2D eigenvalue weighted by Crippen LogP contribution is 2.38. The molecule has 0 amide bonds. The Morgan fingerprint density at radius 3 is 2.60 bits per heavy atom. The minimum absolute atomic E-state index is 0.100. The van der Waals surface area contributed by atoms with Crippen LogP contribution < -0.4 is 15.8 Å². The van der Waals surface area contributed by atoms with Crippen LogP contribution in [0.5, 0.6) is 5.75 Å². The number of nitrogens with two attached hydrogens (primary N) is 1. The summed E-state index contributed by atoms with van der Waals surface area (Å²) < 4.78 is 9.97. The minimum atomic E-state index is 0.100. The molecule has 0 atom stereocenters. The first kappa shape index (κ1) is 15.4. The third-order valence-electron chi connectivity index (χ3n) is 4.09. The van der Waals surface area contributed by atoms with Crippen molar-refractivity contribution in [2.75, 3.05) is 31.7 Å². The number of anilines is 2. The summed E-state index contributed by atoms with van der Waals surface area (Å²) in [6.45, 7) is 4.91. The van der Waals surface area contributed by atoms with E-state index in [1.54, 1.807) is 0 Å². The number of likely N-dealkylation sites (N-methyl/N-ethyl adjacent to an activating group) is 1. The molecule has 0 bridgehead atoms. The van der Waals surface area contributed by atoms with Crippen molar-refractivity contribution in [3.05, 3.63) is 0 Å². The van der Waals surface area contributed by atoms with E-state index in [2.05, 4.69) is 28.7 Å². The lowest BCUT2D eigenvalue weighted by atomic mass is 9.96. The smallest absolute Gasteiger partial charge is 0.197 e. The number of rotatable bonds is 6. The van der Waals surface area contributed by atoms with E-state index in [9.17, 15) is 0 Å². The average molecular weight is 298 g/mol. The number of hydrogen-bond acceptors (Lipinski definition) is 6. The van der Waals surface area contributed by atoms with Crippen LogP contribution in [0.1, 0.15) is 39.5 Å². The largest absolute Gasteiger partial charge is 0.484 e. The van der Waals surface area contributed by atoms with Crippen molar-refractivity contribution in [1.82, 2.24) is 9.27 Å². The Bertz CT molecular complexity index is 438. The van der Waals surface area contributed by atoms with Gasteiger partial charge in [-0.2, -0.15) is 4.37 Å². The summed E-state index contributed by atoms with van der Waals surface area (Å²) in [6.07, 6.45) is 5.19. The van der Waals surface area contributed by atoms with Crippen LogP contribution >= 0.6 is 11.5 Å². The first-order chi connectivity index (χ1) is 9.44. The van der Waals surface area contributed by atoms with Crippen molar-refractivity contribution in [3.8, 4) is 5.75 Å². The first-order valence-corrected chi connectivity index (χ1v) is 8.05. The highest BCUT2D eigenvalue weighted by Gasteiger charge is 2.36. The van der Waals surface area contributed by atoms with Gasteiger partial charge >= 0.3 is 0 Å². The predicted octanol–water partition coefficient (Wildman–Crippen LogP) is 2.80. The maximum Gasteiger partial charge on any atom is 0.197 e. The van der Waals surface area contributed by atoms with E-state index in [1.807, 2.05) is 13.8 Å². The molecule has 1 saturated carbocycles. The van der Waals surface area contributed by atoms with E-state index >= 15 is 0 Å². The Kier molecular flexibility index (Phi) is 4.75. The molecule has 2 rings (SSSR count).